The number of pyridine rings is 1. The van der Waals surface area contributed by atoms with Crippen LogP contribution in [0.4, 0.5) is 11.5 Å². The molecule has 1 aliphatic heterocycles. The van der Waals surface area contributed by atoms with Crippen LogP contribution in [0, 0.1) is 10.1 Å². The molecule has 8 nitrogen and oxygen atoms in total. The number of rotatable bonds is 6. The number of benzene rings is 1. The van der Waals surface area contributed by atoms with Gasteiger partial charge in [-0.05, 0) is 24.9 Å². The molecule has 1 aliphatic rings. The normalized spacial score (nSPS) is 17.6. The molecular formula is C18H20N4O4. The summed E-state index contributed by atoms with van der Waals surface area (Å²) >= 11 is 0. The molecule has 1 fully saturated rings. The Balaban J connectivity index is 1.67. The van der Waals surface area contributed by atoms with Crippen LogP contribution < -0.4 is 5.32 Å². The highest BCUT2D eigenvalue weighted by atomic mass is 16.6. The number of aromatic carboxylic acids is 1. The van der Waals surface area contributed by atoms with Gasteiger partial charge in [0.15, 0.2) is 0 Å². The lowest BCUT2D eigenvalue weighted by Gasteiger charge is -2.33. The van der Waals surface area contributed by atoms with Crippen LogP contribution in [0.5, 0.6) is 0 Å². The Hall–Kier alpha value is -3.00. The van der Waals surface area contributed by atoms with Gasteiger partial charge < -0.3 is 10.4 Å². The number of anilines is 1. The minimum Gasteiger partial charge on any atom is -0.477 e. The molecule has 3 rings (SSSR count). The molecule has 2 N–H and O–H groups in total. The summed E-state index contributed by atoms with van der Waals surface area (Å²) in [5.41, 5.74) is 0.386. The van der Waals surface area contributed by atoms with Crippen LogP contribution in [-0.2, 0) is 6.54 Å². The molecule has 26 heavy (non-hydrogen) atoms. The molecule has 0 radical (unpaired) electrons. The van der Waals surface area contributed by atoms with Gasteiger partial charge in [0, 0.05) is 25.2 Å². The number of hydrogen-bond acceptors (Lipinski definition) is 6. The number of carboxylic acids is 1. The van der Waals surface area contributed by atoms with Crippen LogP contribution >= 0.6 is 0 Å². The highest BCUT2D eigenvalue weighted by Crippen LogP contribution is 2.22. The quantitative estimate of drug-likeness (QED) is 0.605. The van der Waals surface area contributed by atoms with Crippen molar-refractivity contribution in [1.82, 2.24) is 9.88 Å². The summed E-state index contributed by atoms with van der Waals surface area (Å²) in [7, 11) is 0. The van der Waals surface area contributed by atoms with Crippen molar-refractivity contribution >= 4 is 17.5 Å². The van der Waals surface area contributed by atoms with Crippen molar-refractivity contribution < 1.29 is 14.8 Å². The average Bonchev–Trinajstić information content (AvgIpc) is 2.62. The summed E-state index contributed by atoms with van der Waals surface area (Å²) in [5, 5.41) is 23.3. The van der Waals surface area contributed by atoms with Gasteiger partial charge in [-0.25, -0.2) is 9.78 Å². The zero-order valence-corrected chi connectivity index (χ0v) is 14.2. The smallest absolute Gasteiger partial charge is 0.342 e. The SMILES string of the molecule is O=C(O)c1cc(NC2CCCN(Cc3ccccc3)C2)ncc1[N+](=O)[O-]. The van der Waals surface area contributed by atoms with Gasteiger partial charge in [-0.15, -0.1) is 0 Å². The molecule has 1 atom stereocenters. The van der Waals surface area contributed by atoms with Gasteiger partial charge in [0.05, 0.1) is 4.92 Å². The summed E-state index contributed by atoms with van der Waals surface area (Å²) in [6, 6.07) is 11.6. The van der Waals surface area contributed by atoms with E-state index in [0.717, 1.165) is 38.7 Å². The number of aromatic nitrogens is 1. The maximum Gasteiger partial charge on any atom is 0.342 e. The summed E-state index contributed by atoms with van der Waals surface area (Å²) in [4.78, 5) is 27.8. The standard InChI is InChI=1S/C18H20N4O4/c23-18(24)15-9-17(19-10-16(15)22(25)26)20-14-7-4-8-21(12-14)11-13-5-2-1-3-6-13/h1-3,5-6,9-10,14H,4,7-8,11-12H2,(H,19,20)(H,23,24). The fourth-order valence-corrected chi connectivity index (χ4v) is 3.21. The number of nitro groups is 1. The van der Waals surface area contributed by atoms with E-state index in [1.54, 1.807) is 0 Å². The Bertz CT molecular complexity index is 797. The first-order valence-corrected chi connectivity index (χ1v) is 8.43. The molecule has 0 aliphatic carbocycles. The first-order chi connectivity index (χ1) is 12.5. The number of carbonyl (C=O) groups is 1. The van der Waals surface area contributed by atoms with Crippen molar-refractivity contribution in [1.29, 1.82) is 0 Å². The van der Waals surface area contributed by atoms with Gasteiger partial charge in [0.1, 0.15) is 17.6 Å². The zero-order chi connectivity index (χ0) is 18.5. The summed E-state index contributed by atoms with van der Waals surface area (Å²) in [5.74, 6) is -0.990. The Morgan fingerprint density at radius 3 is 2.85 bits per heavy atom. The van der Waals surface area contributed by atoms with Gasteiger partial charge in [-0.2, -0.15) is 0 Å². The molecule has 2 heterocycles. The summed E-state index contributed by atoms with van der Waals surface area (Å²) in [6.45, 7) is 2.66. The van der Waals surface area contributed by atoms with Crippen LogP contribution in [0.1, 0.15) is 28.8 Å². The molecule has 2 aromatic rings. The molecular weight excluding hydrogens is 336 g/mol. The predicted octanol–water partition coefficient (Wildman–Crippen LogP) is 2.76. The fraction of sp³-hybridized carbons (Fsp3) is 0.333. The van der Waals surface area contributed by atoms with Crippen molar-refractivity contribution in [2.75, 3.05) is 18.4 Å². The number of likely N-dealkylation sites (tertiary alicyclic amines) is 1. The van der Waals surface area contributed by atoms with E-state index in [4.69, 9.17) is 0 Å². The van der Waals surface area contributed by atoms with Gasteiger partial charge in [0.25, 0.3) is 0 Å². The molecule has 8 heteroatoms. The Morgan fingerprint density at radius 2 is 2.15 bits per heavy atom. The van der Waals surface area contributed by atoms with Crippen LogP contribution in [0.15, 0.2) is 42.6 Å². The van der Waals surface area contributed by atoms with E-state index in [0.29, 0.717) is 5.82 Å². The van der Waals surface area contributed by atoms with E-state index in [1.165, 1.54) is 11.6 Å². The second kappa shape index (κ2) is 7.92. The number of nitrogens with one attached hydrogen (secondary N) is 1. The molecule has 0 saturated carbocycles. The van der Waals surface area contributed by atoms with Gasteiger partial charge in [-0.1, -0.05) is 30.3 Å². The molecule has 1 aromatic carbocycles. The van der Waals surface area contributed by atoms with E-state index < -0.39 is 16.6 Å². The Morgan fingerprint density at radius 1 is 1.38 bits per heavy atom. The monoisotopic (exact) mass is 356 g/mol. The first kappa shape index (κ1) is 17.8. The lowest BCUT2D eigenvalue weighted by molar-refractivity contribution is -0.385. The Labute approximate surface area is 150 Å². The second-order valence-electron chi connectivity index (χ2n) is 6.35. The van der Waals surface area contributed by atoms with Crippen molar-refractivity contribution in [3.05, 3.63) is 63.8 Å². The second-order valence-corrected chi connectivity index (χ2v) is 6.35. The number of carboxylic acid groups (broad SMARTS) is 1. The minimum atomic E-state index is -1.34. The Kier molecular flexibility index (Phi) is 5.43. The topological polar surface area (TPSA) is 109 Å². The van der Waals surface area contributed by atoms with E-state index >= 15 is 0 Å². The molecule has 136 valence electrons. The molecule has 0 bridgehead atoms. The lowest BCUT2D eigenvalue weighted by Crippen LogP contribution is -2.41. The third kappa shape index (κ3) is 4.34. The highest BCUT2D eigenvalue weighted by molar-refractivity contribution is 5.93. The van der Waals surface area contributed by atoms with E-state index in [9.17, 15) is 20.0 Å². The zero-order valence-electron chi connectivity index (χ0n) is 14.2. The summed E-state index contributed by atoms with van der Waals surface area (Å²) < 4.78 is 0. The van der Waals surface area contributed by atoms with Crippen molar-refractivity contribution in [3.8, 4) is 0 Å². The van der Waals surface area contributed by atoms with E-state index in [2.05, 4.69) is 27.3 Å². The predicted molar refractivity (Wildman–Crippen MR) is 96.2 cm³/mol. The number of hydrogen-bond donors (Lipinski definition) is 2. The largest absolute Gasteiger partial charge is 0.477 e. The fourth-order valence-electron chi connectivity index (χ4n) is 3.21. The maximum atomic E-state index is 11.3. The molecule has 1 saturated heterocycles. The van der Waals surface area contributed by atoms with Crippen molar-refractivity contribution in [2.24, 2.45) is 0 Å². The first-order valence-electron chi connectivity index (χ1n) is 8.43. The molecule has 0 spiro atoms. The molecule has 1 unspecified atom stereocenters. The number of nitrogens with zero attached hydrogens (tertiary/aromatic N) is 3. The van der Waals surface area contributed by atoms with Crippen LogP contribution in [-0.4, -0.2) is 45.0 Å². The van der Waals surface area contributed by atoms with Gasteiger partial charge >= 0.3 is 11.7 Å². The minimum absolute atomic E-state index is 0.114. The molecule has 0 amide bonds. The van der Waals surface area contributed by atoms with Crippen LogP contribution in [0.2, 0.25) is 0 Å². The van der Waals surface area contributed by atoms with Gasteiger partial charge in [-0.3, -0.25) is 15.0 Å². The average molecular weight is 356 g/mol. The third-order valence-corrected chi connectivity index (χ3v) is 4.42. The highest BCUT2D eigenvalue weighted by Gasteiger charge is 2.24. The van der Waals surface area contributed by atoms with Gasteiger partial charge in [0.2, 0.25) is 0 Å². The molecule has 1 aromatic heterocycles. The van der Waals surface area contributed by atoms with E-state index in [-0.39, 0.29) is 11.6 Å². The maximum absolute atomic E-state index is 11.3. The lowest BCUT2D eigenvalue weighted by atomic mass is 10.0. The van der Waals surface area contributed by atoms with Crippen LogP contribution in [0.3, 0.4) is 0 Å². The third-order valence-electron chi connectivity index (χ3n) is 4.42. The van der Waals surface area contributed by atoms with Crippen molar-refractivity contribution in [3.63, 3.8) is 0 Å². The van der Waals surface area contributed by atoms with E-state index in [1.807, 2.05) is 18.2 Å². The number of piperidine rings is 1. The van der Waals surface area contributed by atoms with Crippen molar-refractivity contribution in [2.45, 2.75) is 25.4 Å². The van der Waals surface area contributed by atoms with Crippen LogP contribution in [0.25, 0.3) is 0 Å². The summed E-state index contributed by atoms with van der Waals surface area (Å²) in [6.07, 6.45) is 2.95.